The van der Waals surface area contributed by atoms with E-state index in [1.807, 2.05) is 104 Å². The van der Waals surface area contributed by atoms with Crippen LogP contribution in [0.15, 0.2) is 418 Å². The summed E-state index contributed by atoms with van der Waals surface area (Å²) in [5.41, 5.74) is 22.3. The van der Waals surface area contributed by atoms with Gasteiger partial charge in [-0.05, 0) is 186 Å². The van der Waals surface area contributed by atoms with Gasteiger partial charge in [0.05, 0.1) is 11.2 Å². The van der Waals surface area contributed by atoms with Crippen LogP contribution in [0.4, 0.5) is 0 Å². The quantitative estimate of drug-likeness (QED) is 0.0768. The molecular weight excluding hydrogens is 1560 g/mol. The van der Waals surface area contributed by atoms with Gasteiger partial charge in [0, 0.05) is 73.4 Å². The molecule has 0 amide bonds. The maximum atomic E-state index is 6.15. The van der Waals surface area contributed by atoms with Crippen LogP contribution >= 0.6 is 15.9 Å². The number of halogens is 1. The van der Waals surface area contributed by atoms with Crippen LogP contribution in [0.1, 0.15) is 27.7 Å². The Hall–Kier alpha value is -14.7. The SMILES string of the molecule is Brc1ccc(-c2ccc(-c3cccc(-c4nc(-c5ccccc5)nc(-c5ccc(-c6ccccc6)cc5)n4)c3)cc2)cc1.CC1(C)OB(c2ccc3c(ccc4ccncc43)c2)OC1(C)C.c1ccc(-c2ccc(-c3nc(-c4ccccc4)nc(-c4cccc(-c5ccc(-c6ccc(-c7ccc8c(ccc9ccncc98)c7)cc6)cc5)c4)n3)cc2)cc1. The van der Waals surface area contributed by atoms with Gasteiger partial charge in [-0.1, -0.05) is 362 Å². The fourth-order valence-electron chi connectivity index (χ4n) is 15.6. The van der Waals surface area contributed by atoms with Gasteiger partial charge in [-0.15, -0.1) is 0 Å². The summed E-state index contributed by atoms with van der Waals surface area (Å²) in [5.74, 6) is 3.86. The smallest absolute Gasteiger partial charge is 0.399 e. The van der Waals surface area contributed by atoms with E-state index in [1.54, 1.807) is 0 Å². The minimum absolute atomic E-state index is 0.320. The first kappa shape index (κ1) is 77.3. The predicted octanol–water partition coefficient (Wildman–Crippen LogP) is 27.6. The normalized spacial score (nSPS) is 12.7. The number of hydrogen-bond acceptors (Lipinski definition) is 10. The molecule has 0 radical (unpaired) electrons. The van der Waals surface area contributed by atoms with Gasteiger partial charge < -0.3 is 9.31 Å². The van der Waals surface area contributed by atoms with E-state index >= 15 is 0 Å². The molecule has 0 saturated carbocycles. The lowest BCUT2D eigenvalue weighted by molar-refractivity contribution is 0.00578. The highest BCUT2D eigenvalue weighted by atomic mass is 79.9. The Bertz CT molecular complexity index is 7140. The Kier molecular flexibility index (Phi) is 21.5. The third kappa shape index (κ3) is 16.7. The number of hydrogen-bond donors (Lipinski definition) is 0. The molecule has 1 fully saturated rings. The second-order valence-corrected chi connectivity index (χ2v) is 32.4. The van der Waals surface area contributed by atoms with Gasteiger partial charge >= 0.3 is 7.12 Å². The number of nitrogens with zero attached hydrogens (tertiary/aromatic N) is 8. The third-order valence-corrected chi connectivity index (χ3v) is 23.6. The molecule has 20 aromatic rings. The van der Waals surface area contributed by atoms with Crippen LogP contribution in [-0.4, -0.2) is 58.2 Å². The molecule has 582 valence electrons. The summed E-state index contributed by atoms with van der Waals surface area (Å²) in [6.45, 7) is 8.31. The van der Waals surface area contributed by atoms with Gasteiger partial charge in [0.1, 0.15) is 0 Å². The van der Waals surface area contributed by atoms with Gasteiger partial charge in [0.15, 0.2) is 34.9 Å². The Morgan fingerprint density at radius 3 is 0.836 bits per heavy atom. The number of aromatic nitrogens is 8. The minimum Gasteiger partial charge on any atom is -0.399 e. The molecule has 16 aromatic carbocycles. The topological polar surface area (TPSA) is 122 Å². The molecule has 5 heterocycles. The van der Waals surface area contributed by atoms with E-state index in [0.29, 0.717) is 34.9 Å². The molecule has 1 aliphatic heterocycles. The molecule has 0 bridgehead atoms. The molecule has 10 nitrogen and oxygen atoms in total. The average Bonchev–Trinajstić information content (AvgIpc) is 1.55. The Morgan fingerprint density at radius 1 is 0.213 bits per heavy atom. The van der Waals surface area contributed by atoms with E-state index in [4.69, 9.17) is 39.2 Å². The second-order valence-electron chi connectivity index (χ2n) is 31.5. The molecule has 12 heteroatoms. The van der Waals surface area contributed by atoms with Crippen molar-refractivity contribution in [2.24, 2.45) is 0 Å². The summed E-state index contributed by atoms with van der Waals surface area (Å²) in [5, 5.41) is 9.59. The summed E-state index contributed by atoms with van der Waals surface area (Å²) >= 11 is 3.52. The van der Waals surface area contributed by atoms with E-state index in [-0.39, 0.29) is 18.3 Å². The van der Waals surface area contributed by atoms with Crippen LogP contribution in [0.25, 0.3) is 189 Å². The van der Waals surface area contributed by atoms with Crippen LogP contribution in [-0.2, 0) is 9.31 Å². The predicted molar refractivity (Wildman–Crippen MR) is 506 cm³/mol. The average molecular weight is 1640 g/mol. The molecule has 122 heavy (non-hydrogen) atoms. The standard InChI is InChI=1S/C52H34N4.C39H26BrN3.C19H20BNO2/c1-3-8-35(9-4-1)36-22-25-43(26-23-36)51-54-50(42-10-5-2-6-11-42)55-52(56-51)47-13-7-12-44(33-47)39-18-14-37(15-19-39)38-16-20-40(21-17-38)45-28-29-48-46(32-45)27-24-41-30-31-53-34-49(41)48;40-36-24-22-30(23-25-36)29-14-16-31(17-15-29)34-12-7-13-35(26-34)39-42-37(32-10-5-2-6-11-32)41-38(43-39)33-20-18-28(19-21-33)27-8-3-1-4-9-27;1-18(2)19(3,4)23-20(22-18)15-7-8-16-14(11-15)6-5-13-9-10-21-12-17(13)16/h1-34H;1-26H;5-12H,1-4H3. The number of rotatable bonds is 14. The van der Waals surface area contributed by atoms with E-state index in [2.05, 4.69) is 363 Å². The molecule has 1 saturated heterocycles. The summed E-state index contributed by atoms with van der Waals surface area (Å²) in [4.78, 5) is 38.4. The van der Waals surface area contributed by atoms with Crippen LogP contribution in [0.5, 0.6) is 0 Å². The van der Waals surface area contributed by atoms with Gasteiger partial charge in [-0.25, -0.2) is 29.9 Å². The van der Waals surface area contributed by atoms with Crippen molar-refractivity contribution in [2.75, 3.05) is 0 Å². The summed E-state index contributed by atoms with van der Waals surface area (Å²) in [6, 6.07) is 135. The molecule has 0 aliphatic carbocycles. The van der Waals surface area contributed by atoms with Crippen molar-refractivity contribution in [1.29, 1.82) is 0 Å². The van der Waals surface area contributed by atoms with E-state index in [1.165, 1.54) is 87.6 Å². The minimum atomic E-state index is -0.325. The van der Waals surface area contributed by atoms with Gasteiger partial charge in [-0.2, -0.15) is 0 Å². The van der Waals surface area contributed by atoms with Crippen molar-refractivity contribution in [2.45, 2.75) is 38.9 Å². The monoisotopic (exact) mass is 1630 g/mol. The van der Waals surface area contributed by atoms with Crippen LogP contribution < -0.4 is 5.46 Å². The first-order valence-electron chi connectivity index (χ1n) is 40.9. The zero-order valence-corrected chi connectivity index (χ0v) is 69.2. The van der Waals surface area contributed by atoms with E-state index in [0.717, 1.165) is 76.7 Å². The molecule has 21 rings (SSSR count). The van der Waals surface area contributed by atoms with Crippen molar-refractivity contribution in [3.05, 3.63) is 418 Å². The second kappa shape index (κ2) is 34.0. The fourth-order valence-corrected chi connectivity index (χ4v) is 15.9. The molecule has 0 unspecified atom stereocenters. The Morgan fingerprint density at radius 2 is 0.467 bits per heavy atom. The van der Waals surface area contributed by atoms with Crippen LogP contribution in [0.3, 0.4) is 0 Å². The van der Waals surface area contributed by atoms with Gasteiger partial charge in [0.2, 0.25) is 0 Å². The molecular formula is C110H80BBrN8O2. The van der Waals surface area contributed by atoms with E-state index in [9.17, 15) is 0 Å². The van der Waals surface area contributed by atoms with Crippen LogP contribution in [0, 0.1) is 0 Å². The van der Waals surface area contributed by atoms with Crippen molar-refractivity contribution >= 4 is 71.6 Å². The zero-order valence-electron chi connectivity index (χ0n) is 67.6. The molecule has 1 aliphatic rings. The van der Waals surface area contributed by atoms with Crippen molar-refractivity contribution in [3.8, 4) is 146 Å². The van der Waals surface area contributed by atoms with Crippen molar-refractivity contribution < 1.29 is 9.31 Å². The summed E-state index contributed by atoms with van der Waals surface area (Å²) in [7, 11) is -0.325. The van der Waals surface area contributed by atoms with Crippen molar-refractivity contribution in [1.82, 2.24) is 39.9 Å². The maximum absolute atomic E-state index is 6.15. The zero-order chi connectivity index (χ0) is 82.5. The Balaban J connectivity index is 0.000000131. The highest BCUT2D eigenvalue weighted by Gasteiger charge is 2.51. The summed E-state index contributed by atoms with van der Waals surface area (Å²) < 4.78 is 13.4. The molecule has 0 spiro atoms. The lowest BCUT2D eigenvalue weighted by atomic mass is 9.78. The number of fused-ring (bicyclic) bond motifs is 6. The van der Waals surface area contributed by atoms with E-state index < -0.39 is 0 Å². The van der Waals surface area contributed by atoms with Crippen molar-refractivity contribution in [3.63, 3.8) is 0 Å². The molecule has 4 aromatic heterocycles. The van der Waals surface area contributed by atoms with Gasteiger partial charge in [-0.3, -0.25) is 9.97 Å². The molecule has 0 N–H and O–H groups in total. The van der Waals surface area contributed by atoms with Gasteiger partial charge in [0.25, 0.3) is 0 Å². The highest BCUT2D eigenvalue weighted by Crippen LogP contribution is 2.40. The lowest BCUT2D eigenvalue weighted by Gasteiger charge is -2.32. The lowest BCUT2D eigenvalue weighted by Crippen LogP contribution is -2.41. The highest BCUT2D eigenvalue weighted by molar-refractivity contribution is 9.10. The number of pyridine rings is 2. The third-order valence-electron chi connectivity index (χ3n) is 23.1. The maximum Gasteiger partial charge on any atom is 0.494 e. The first-order valence-corrected chi connectivity index (χ1v) is 41.7. The Labute approximate surface area is 718 Å². The molecule has 0 atom stereocenters. The fraction of sp³-hybridized carbons (Fsp3) is 0.0545. The largest absolute Gasteiger partial charge is 0.494 e. The first-order chi connectivity index (χ1) is 59.8. The summed E-state index contributed by atoms with van der Waals surface area (Å²) in [6.07, 6.45) is 7.55. The number of benzene rings is 16. The van der Waals surface area contributed by atoms with Crippen LogP contribution in [0.2, 0.25) is 0 Å².